The predicted octanol–water partition coefficient (Wildman–Crippen LogP) is 1.75. The number of aryl methyl sites for hydroxylation is 2. The van der Waals surface area contributed by atoms with E-state index >= 15 is 0 Å². The second-order valence-corrected chi connectivity index (χ2v) is 3.02. The highest BCUT2D eigenvalue weighted by atomic mass is 14.9. The molecule has 0 spiro atoms. The van der Waals surface area contributed by atoms with Crippen LogP contribution in [0.15, 0.2) is 12.3 Å². The van der Waals surface area contributed by atoms with Crippen LogP contribution in [0.25, 0.3) is 0 Å². The molecular weight excluding hydrogens is 136 g/mol. The maximum absolute atomic E-state index is 4.42. The van der Waals surface area contributed by atoms with Crippen LogP contribution in [0.3, 0.4) is 0 Å². The summed E-state index contributed by atoms with van der Waals surface area (Å²) in [5.41, 5.74) is 1.22. The van der Waals surface area contributed by atoms with Gasteiger partial charge in [0.05, 0.1) is 0 Å². The molecule has 0 radical (unpaired) electrons. The average Bonchev–Trinajstić information content (AvgIpc) is 2.02. The molecule has 1 aliphatic heterocycles. The van der Waals surface area contributed by atoms with Gasteiger partial charge in [-0.25, -0.2) is 9.97 Å². The van der Waals surface area contributed by atoms with Gasteiger partial charge in [0, 0.05) is 18.3 Å². The number of hydrogen-bond donors (Lipinski definition) is 0. The SMILES string of the molecule is c1cc2nc(n1)CCCCC2. The summed E-state index contributed by atoms with van der Waals surface area (Å²) in [6.07, 6.45) is 7.94. The van der Waals surface area contributed by atoms with Gasteiger partial charge in [0.1, 0.15) is 5.82 Å². The molecule has 0 aromatic carbocycles. The van der Waals surface area contributed by atoms with Crippen molar-refractivity contribution in [3.8, 4) is 0 Å². The quantitative estimate of drug-likeness (QED) is 0.560. The number of rotatable bonds is 0. The fourth-order valence-electron chi connectivity index (χ4n) is 1.47. The van der Waals surface area contributed by atoms with Gasteiger partial charge in [0.2, 0.25) is 0 Å². The summed E-state index contributed by atoms with van der Waals surface area (Å²) in [4.78, 5) is 8.62. The Kier molecular flexibility index (Phi) is 1.84. The molecule has 0 aliphatic carbocycles. The largest absolute Gasteiger partial charge is 0.241 e. The highest BCUT2D eigenvalue weighted by Gasteiger charge is 2.03. The monoisotopic (exact) mass is 148 g/mol. The molecule has 58 valence electrons. The lowest BCUT2D eigenvalue weighted by molar-refractivity contribution is 0.627. The van der Waals surface area contributed by atoms with Crippen LogP contribution in [0.5, 0.6) is 0 Å². The highest BCUT2D eigenvalue weighted by molar-refractivity contribution is 5.03. The van der Waals surface area contributed by atoms with Crippen LogP contribution >= 0.6 is 0 Å². The fraction of sp³-hybridized carbons (Fsp3) is 0.556. The van der Waals surface area contributed by atoms with Gasteiger partial charge < -0.3 is 0 Å². The minimum absolute atomic E-state index is 1.03. The number of aromatic nitrogens is 2. The van der Waals surface area contributed by atoms with Crippen molar-refractivity contribution in [3.05, 3.63) is 23.8 Å². The van der Waals surface area contributed by atoms with E-state index in [2.05, 4.69) is 9.97 Å². The van der Waals surface area contributed by atoms with Crippen molar-refractivity contribution in [1.29, 1.82) is 0 Å². The van der Waals surface area contributed by atoms with E-state index in [0.717, 1.165) is 18.7 Å². The summed E-state index contributed by atoms with van der Waals surface area (Å²) in [5, 5.41) is 0. The molecule has 0 fully saturated rings. The first-order valence-electron chi connectivity index (χ1n) is 4.26. The summed E-state index contributed by atoms with van der Waals surface area (Å²) >= 11 is 0. The van der Waals surface area contributed by atoms with Gasteiger partial charge in [-0.1, -0.05) is 6.42 Å². The summed E-state index contributed by atoms with van der Waals surface area (Å²) in [5.74, 6) is 1.03. The Balaban J connectivity index is 2.30. The lowest BCUT2D eigenvalue weighted by Gasteiger charge is -2.07. The Hall–Kier alpha value is -0.920. The van der Waals surface area contributed by atoms with E-state index in [1.165, 1.54) is 25.0 Å². The van der Waals surface area contributed by atoms with Crippen molar-refractivity contribution in [2.45, 2.75) is 32.1 Å². The first kappa shape index (κ1) is 6.77. The molecule has 2 heteroatoms. The summed E-state index contributed by atoms with van der Waals surface area (Å²) in [6.45, 7) is 0. The van der Waals surface area contributed by atoms with E-state index in [-0.39, 0.29) is 0 Å². The summed E-state index contributed by atoms with van der Waals surface area (Å²) < 4.78 is 0. The van der Waals surface area contributed by atoms with Crippen LogP contribution in [0, 0.1) is 0 Å². The van der Waals surface area contributed by atoms with Crippen LogP contribution in [0.1, 0.15) is 30.8 Å². The van der Waals surface area contributed by atoms with E-state index in [1.807, 2.05) is 12.3 Å². The molecule has 0 saturated carbocycles. The van der Waals surface area contributed by atoms with E-state index in [9.17, 15) is 0 Å². The third kappa shape index (κ3) is 1.56. The predicted molar refractivity (Wildman–Crippen MR) is 43.3 cm³/mol. The lowest BCUT2D eigenvalue weighted by Crippen LogP contribution is -2.02. The van der Waals surface area contributed by atoms with Gasteiger partial charge in [-0.15, -0.1) is 0 Å². The molecule has 0 saturated heterocycles. The average molecular weight is 148 g/mol. The van der Waals surface area contributed by atoms with Crippen LogP contribution in [0.4, 0.5) is 0 Å². The zero-order valence-corrected chi connectivity index (χ0v) is 6.58. The number of hydrogen-bond acceptors (Lipinski definition) is 2. The van der Waals surface area contributed by atoms with Crippen LogP contribution in [0.2, 0.25) is 0 Å². The smallest absolute Gasteiger partial charge is 0.128 e. The molecule has 1 aromatic heterocycles. The lowest BCUT2D eigenvalue weighted by atomic mass is 10.1. The van der Waals surface area contributed by atoms with Crippen molar-refractivity contribution in [1.82, 2.24) is 9.97 Å². The Morgan fingerprint density at radius 3 is 3.00 bits per heavy atom. The van der Waals surface area contributed by atoms with Gasteiger partial charge in [0.15, 0.2) is 0 Å². The zero-order chi connectivity index (χ0) is 7.52. The van der Waals surface area contributed by atoms with Gasteiger partial charge in [-0.3, -0.25) is 0 Å². The molecule has 2 heterocycles. The third-order valence-electron chi connectivity index (χ3n) is 2.10. The van der Waals surface area contributed by atoms with Gasteiger partial charge >= 0.3 is 0 Å². The maximum Gasteiger partial charge on any atom is 0.128 e. The van der Waals surface area contributed by atoms with Crippen molar-refractivity contribution < 1.29 is 0 Å². The second kappa shape index (κ2) is 2.99. The van der Waals surface area contributed by atoms with E-state index in [0.29, 0.717) is 0 Å². The number of nitrogens with zero attached hydrogens (tertiary/aromatic N) is 2. The maximum atomic E-state index is 4.42. The van der Waals surface area contributed by atoms with E-state index < -0.39 is 0 Å². The Labute approximate surface area is 66.7 Å². The Morgan fingerprint density at radius 1 is 1.09 bits per heavy atom. The van der Waals surface area contributed by atoms with E-state index in [4.69, 9.17) is 0 Å². The molecule has 0 atom stereocenters. The fourth-order valence-corrected chi connectivity index (χ4v) is 1.47. The normalized spacial score (nSPS) is 17.1. The first-order chi connectivity index (χ1) is 5.45. The summed E-state index contributed by atoms with van der Waals surface area (Å²) in [7, 11) is 0. The van der Waals surface area contributed by atoms with Crippen LogP contribution < -0.4 is 0 Å². The van der Waals surface area contributed by atoms with Gasteiger partial charge in [-0.05, 0) is 25.3 Å². The highest BCUT2D eigenvalue weighted by Crippen LogP contribution is 2.10. The van der Waals surface area contributed by atoms with E-state index in [1.54, 1.807) is 0 Å². The minimum atomic E-state index is 1.03. The molecule has 0 unspecified atom stereocenters. The van der Waals surface area contributed by atoms with Crippen molar-refractivity contribution >= 4 is 0 Å². The van der Waals surface area contributed by atoms with Crippen molar-refractivity contribution in [2.75, 3.05) is 0 Å². The van der Waals surface area contributed by atoms with Crippen molar-refractivity contribution in [3.63, 3.8) is 0 Å². The molecule has 1 aromatic rings. The molecule has 1 aliphatic rings. The van der Waals surface area contributed by atoms with Crippen molar-refractivity contribution in [2.24, 2.45) is 0 Å². The molecule has 2 rings (SSSR count). The molecule has 2 nitrogen and oxygen atoms in total. The van der Waals surface area contributed by atoms with Gasteiger partial charge in [0.25, 0.3) is 0 Å². The number of fused-ring (bicyclic) bond motifs is 2. The topological polar surface area (TPSA) is 25.8 Å². The Bertz CT molecular complexity index is 224. The van der Waals surface area contributed by atoms with Crippen LogP contribution in [-0.4, -0.2) is 9.97 Å². The molecular formula is C9H12N2. The Morgan fingerprint density at radius 2 is 2.00 bits per heavy atom. The minimum Gasteiger partial charge on any atom is -0.241 e. The zero-order valence-electron chi connectivity index (χ0n) is 6.58. The summed E-state index contributed by atoms with van der Waals surface area (Å²) in [6, 6.07) is 2.02. The molecule has 0 amide bonds. The first-order valence-corrected chi connectivity index (χ1v) is 4.26. The van der Waals surface area contributed by atoms with Crippen LogP contribution in [-0.2, 0) is 12.8 Å². The second-order valence-electron chi connectivity index (χ2n) is 3.02. The van der Waals surface area contributed by atoms with Gasteiger partial charge in [-0.2, -0.15) is 0 Å². The molecule has 2 bridgehead atoms. The molecule has 0 N–H and O–H groups in total. The third-order valence-corrected chi connectivity index (χ3v) is 2.10. The standard InChI is InChI=1S/C9H12N2/c1-2-4-8-6-7-10-9(11-8)5-3-1/h6-7H,1-5H2. The molecule has 11 heavy (non-hydrogen) atoms.